The van der Waals surface area contributed by atoms with Gasteiger partial charge in [-0.2, -0.15) is 13.5 Å². The van der Waals surface area contributed by atoms with Crippen molar-refractivity contribution in [2.24, 2.45) is 9.63 Å². The van der Waals surface area contributed by atoms with E-state index >= 15 is 0 Å². The minimum atomic E-state index is -3.81. The van der Waals surface area contributed by atoms with E-state index in [1.807, 2.05) is 0 Å². The number of hydrogen-bond acceptors (Lipinski definition) is 3. The number of rotatable bonds is 0. The highest BCUT2D eigenvalue weighted by molar-refractivity contribution is 7.90. The van der Waals surface area contributed by atoms with E-state index in [1.165, 1.54) is 0 Å². The zero-order valence-electron chi connectivity index (χ0n) is 8.53. The van der Waals surface area contributed by atoms with E-state index in [1.54, 1.807) is 19.9 Å². The maximum absolute atomic E-state index is 11.7. The number of halogens is 2. The summed E-state index contributed by atoms with van der Waals surface area (Å²) < 4.78 is 26.8. The molecule has 2 rings (SSSR count). The summed E-state index contributed by atoms with van der Waals surface area (Å²) in [5.74, 6) is 0. The van der Waals surface area contributed by atoms with Gasteiger partial charge in [0.15, 0.2) is 0 Å². The van der Waals surface area contributed by atoms with Crippen molar-refractivity contribution >= 4 is 33.2 Å². The van der Waals surface area contributed by atoms with Gasteiger partial charge in [-0.15, -0.1) is 0 Å². The van der Waals surface area contributed by atoms with Gasteiger partial charge < -0.3 is 0 Å². The topological polar surface area (TPSA) is 58.9 Å². The van der Waals surface area contributed by atoms with Crippen molar-refractivity contribution in [2.45, 2.75) is 24.8 Å². The largest absolute Gasteiger partial charge is 0.301 e. The third-order valence-corrected chi connectivity index (χ3v) is 4.57. The van der Waals surface area contributed by atoms with Crippen molar-refractivity contribution in [3.63, 3.8) is 0 Å². The third-order valence-electron chi connectivity index (χ3n) is 2.43. The lowest BCUT2D eigenvalue weighted by Gasteiger charge is -2.19. The van der Waals surface area contributed by atoms with Crippen molar-refractivity contribution in [3.05, 3.63) is 27.2 Å². The van der Waals surface area contributed by atoms with E-state index in [0.717, 1.165) is 5.56 Å². The zero-order valence-corrected chi connectivity index (χ0v) is 10.9. The van der Waals surface area contributed by atoms with Crippen LogP contribution >= 0.6 is 23.2 Å². The molecular formula is C9H8Cl2N2O2S. The van der Waals surface area contributed by atoms with Gasteiger partial charge in [0.2, 0.25) is 0 Å². The van der Waals surface area contributed by atoms with E-state index in [4.69, 9.17) is 23.2 Å². The van der Waals surface area contributed by atoms with Gasteiger partial charge in [0.05, 0.1) is 16.1 Å². The maximum Gasteiger partial charge on any atom is 0.301 e. The quantitative estimate of drug-likeness (QED) is 0.729. The second-order valence-electron chi connectivity index (χ2n) is 3.58. The number of hydrogen-bond donors (Lipinski definition) is 0. The molecule has 0 radical (unpaired) electrons. The zero-order chi connectivity index (χ0) is 12.1. The molecule has 0 bridgehead atoms. The predicted molar refractivity (Wildman–Crippen MR) is 61.7 cm³/mol. The van der Waals surface area contributed by atoms with Crippen LogP contribution in [0.15, 0.2) is 20.6 Å². The molecule has 0 spiro atoms. The fourth-order valence-electron chi connectivity index (χ4n) is 1.74. The molecule has 0 fully saturated rings. The third kappa shape index (κ3) is 1.63. The SMILES string of the molecule is Cc1cc(Cl)c(Cl)c2c1C(C)N=NS2(=O)=O. The van der Waals surface area contributed by atoms with Crippen LogP contribution in [0.3, 0.4) is 0 Å². The molecule has 1 aliphatic heterocycles. The molecule has 86 valence electrons. The van der Waals surface area contributed by atoms with Crippen molar-refractivity contribution in [1.29, 1.82) is 0 Å². The molecule has 4 nitrogen and oxygen atoms in total. The Morgan fingerprint density at radius 1 is 1.38 bits per heavy atom. The Hall–Kier alpha value is -0.650. The Labute approximate surface area is 103 Å². The first-order valence-electron chi connectivity index (χ1n) is 4.50. The lowest BCUT2D eigenvalue weighted by atomic mass is 10.0. The average molecular weight is 279 g/mol. The molecule has 0 aliphatic carbocycles. The molecular weight excluding hydrogens is 271 g/mol. The molecule has 0 aromatic heterocycles. The normalized spacial score (nSPS) is 21.9. The van der Waals surface area contributed by atoms with Crippen LogP contribution in [-0.2, 0) is 10.0 Å². The lowest BCUT2D eigenvalue weighted by molar-refractivity contribution is 0.580. The van der Waals surface area contributed by atoms with Gasteiger partial charge in [-0.3, -0.25) is 0 Å². The molecule has 0 N–H and O–H groups in total. The van der Waals surface area contributed by atoms with Crippen LogP contribution in [-0.4, -0.2) is 8.42 Å². The van der Waals surface area contributed by atoms with Gasteiger partial charge in [0.1, 0.15) is 4.90 Å². The summed E-state index contributed by atoms with van der Waals surface area (Å²) in [6.07, 6.45) is 0. The average Bonchev–Trinajstić information content (AvgIpc) is 2.18. The van der Waals surface area contributed by atoms with Crippen LogP contribution < -0.4 is 0 Å². The van der Waals surface area contributed by atoms with Gasteiger partial charge in [0, 0.05) is 5.56 Å². The second-order valence-corrected chi connectivity index (χ2v) is 5.89. The summed E-state index contributed by atoms with van der Waals surface area (Å²) in [5, 5.41) is 3.93. The fraction of sp³-hybridized carbons (Fsp3) is 0.333. The Morgan fingerprint density at radius 3 is 2.62 bits per heavy atom. The summed E-state index contributed by atoms with van der Waals surface area (Å²) >= 11 is 11.8. The van der Waals surface area contributed by atoms with Crippen LogP contribution in [0.4, 0.5) is 0 Å². The molecule has 16 heavy (non-hydrogen) atoms. The smallest absolute Gasteiger partial charge is 0.198 e. The molecule has 1 aromatic carbocycles. The van der Waals surface area contributed by atoms with Crippen molar-refractivity contribution in [2.75, 3.05) is 0 Å². The maximum atomic E-state index is 11.7. The van der Waals surface area contributed by atoms with E-state index in [2.05, 4.69) is 9.63 Å². The minimum absolute atomic E-state index is 0.0123. The molecule has 7 heteroatoms. The number of nitrogens with zero attached hydrogens (tertiary/aromatic N) is 2. The Bertz CT molecular complexity index is 596. The number of sulfonamides is 1. The first-order chi connectivity index (χ1) is 7.34. The molecule has 1 aromatic rings. The molecule has 1 heterocycles. The lowest BCUT2D eigenvalue weighted by Crippen LogP contribution is -2.11. The summed E-state index contributed by atoms with van der Waals surface area (Å²) in [6.45, 7) is 3.53. The van der Waals surface area contributed by atoms with Crippen LogP contribution in [0.5, 0.6) is 0 Å². The van der Waals surface area contributed by atoms with Gasteiger partial charge in [0.25, 0.3) is 0 Å². The Balaban J connectivity index is 2.94. The Kier molecular flexibility index (Phi) is 2.72. The highest BCUT2D eigenvalue weighted by atomic mass is 35.5. The monoisotopic (exact) mass is 278 g/mol. The minimum Gasteiger partial charge on any atom is -0.198 e. The predicted octanol–water partition coefficient (Wildman–Crippen LogP) is 3.52. The molecule has 1 aliphatic rings. The summed E-state index contributed by atoms with van der Waals surface area (Å²) in [7, 11) is -3.81. The van der Waals surface area contributed by atoms with Gasteiger partial charge in [-0.05, 0) is 25.5 Å². The highest BCUT2D eigenvalue weighted by Gasteiger charge is 2.31. The Morgan fingerprint density at radius 2 is 2.00 bits per heavy atom. The van der Waals surface area contributed by atoms with Crippen molar-refractivity contribution < 1.29 is 8.42 Å². The number of aryl methyl sites for hydroxylation is 1. The number of fused-ring (bicyclic) bond motifs is 1. The molecule has 1 atom stereocenters. The van der Waals surface area contributed by atoms with Crippen molar-refractivity contribution in [1.82, 2.24) is 0 Å². The van der Waals surface area contributed by atoms with Crippen LogP contribution in [0.2, 0.25) is 10.0 Å². The van der Waals surface area contributed by atoms with Gasteiger partial charge >= 0.3 is 10.0 Å². The van der Waals surface area contributed by atoms with E-state index < -0.39 is 10.0 Å². The summed E-state index contributed by atoms with van der Waals surface area (Å²) in [6, 6.07) is 1.31. The first kappa shape index (κ1) is 11.8. The second kappa shape index (κ2) is 3.68. The van der Waals surface area contributed by atoms with E-state index in [9.17, 15) is 8.42 Å². The van der Waals surface area contributed by atoms with Crippen LogP contribution in [0, 0.1) is 6.92 Å². The number of benzene rings is 1. The standard InChI is InChI=1S/C9H8Cl2N2O2S/c1-4-3-6(10)8(11)9-7(4)5(2)12-13-16(9,14)15/h3,5H,1-2H3. The van der Waals surface area contributed by atoms with Crippen LogP contribution in [0.1, 0.15) is 24.1 Å². The molecule has 0 amide bonds. The van der Waals surface area contributed by atoms with Gasteiger partial charge in [-0.1, -0.05) is 27.7 Å². The van der Waals surface area contributed by atoms with Crippen molar-refractivity contribution in [3.8, 4) is 0 Å². The molecule has 1 unspecified atom stereocenters. The molecule has 0 saturated heterocycles. The highest BCUT2D eigenvalue weighted by Crippen LogP contribution is 2.41. The molecule has 0 saturated carbocycles. The summed E-state index contributed by atoms with van der Waals surface area (Å²) in [4.78, 5) is -0.0123. The fourth-order valence-corrected chi connectivity index (χ4v) is 3.80. The van der Waals surface area contributed by atoms with Crippen LogP contribution in [0.25, 0.3) is 0 Å². The van der Waals surface area contributed by atoms with E-state index in [0.29, 0.717) is 5.56 Å². The van der Waals surface area contributed by atoms with E-state index in [-0.39, 0.29) is 21.0 Å². The van der Waals surface area contributed by atoms with Gasteiger partial charge in [-0.25, -0.2) is 0 Å². The summed E-state index contributed by atoms with van der Waals surface area (Å²) in [5.41, 5.74) is 1.32. The first-order valence-corrected chi connectivity index (χ1v) is 6.70.